The molecule has 2 bridgehead atoms. The number of hydrogen-bond donors (Lipinski definition) is 2. The molecule has 5 unspecified atom stereocenters. The minimum absolute atomic E-state index is 0.0490. The number of carbonyl (C=O) groups is 1. The lowest BCUT2D eigenvalue weighted by Crippen LogP contribution is -2.49. The number of nitrogens with two attached hydrogens (primary N) is 1. The summed E-state index contributed by atoms with van der Waals surface area (Å²) in [5, 5.41) is 3.20. The first-order chi connectivity index (χ1) is 8.43. The van der Waals surface area contributed by atoms with Crippen molar-refractivity contribution >= 4 is 5.91 Å². The lowest BCUT2D eigenvalue weighted by molar-refractivity contribution is -0.124. The second-order valence-electron chi connectivity index (χ2n) is 7.68. The van der Waals surface area contributed by atoms with E-state index in [2.05, 4.69) is 26.1 Å². The number of rotatable bonds is 3. The Labute approximate surface area is 110 Å². The van der Waals surface area contributed by atoms with E-state index in [1.165, 1.54) is 19.3 Å². The largest absolute Gasteiger partial charge is 0.351 e. The van der Waals surface area contributed by atoms with Gasteiger partial charge in [0.15, 0.2) is 0 Å². The van der Waals surface area contributed by atoms with Gasteiger partial charge in [-0.05, 0) is 48.3 Å². The number of fused-ring (bicyclic) bond motifs is 5. The molecule has 0 aromatic heterocycles. The zero-order valence-corrected chi connectivity index (χ0v) is 11.8. The second-order valence-corrected chi connectivity index (χ2v) is 7.68. The van der Waals surface area contributed by atoms with Gasteiger partial charge in [0.1, 0.15) is 0 Å². The molecular weight excluding hydrogens is 224 g/mol. The van der Waals surface area contributed by atoms with Gasteiger partial charge in [-0.2, -0.15) is 0 Å². The van der Waals surface area contributed by atoms with E-state index in [-0.39, 0.29) is 17.4 Å². The van der Waals surface area contributed by atoms with Gasteiger partial charge in [-0.1, -0.05) is 20.8 Å². The van der Waals surface area contributed by atoms with Crippen molar-refractivity contribution in [3.8, 4) is 0 Å². The molecule has 3 nitrogen and oxygen atoms in total. The predicted molar refractivity (Wildman–Crippen MR) is 71.7 cm³/mol. The van der Waals surface area contributed by atoms with E-state index in [1.54, 1.807) is 0 Å². The van der Waals surface area contributed by atoms with Gasteiger partial charge in [0, 0.05) is 18.5 Å². The summed E-state index contributed by atoms with van der Waals surface area (Å²) in [6, 6.07) is 0.101. The van der Waals surface area contributed by atoms with Gasteiger partial charge >= 0.3 is 0 Å². The van der Waals surface area contributed by atoms with E-state index in [9.17, 15) is 4.79 Å². The fourth-order valence-corrected chi connectivity index (χ4v) is 4.57. The number of hydrogen-bond acceptors (Lipinski definition) is 2. The van der Waals surface area contributed by atoms with E-state index in [0.29, 0.717) is 12.5 Å². The number of nitrogens with one attached hydrogen (secondary N) is 1. The van der Waals surface area contributed by atoms with E-state index >= 15 is 0 Å². The molecule has 0 radical (unpaired) electrons. The highest BCUT2D eigenvalue weighted by atomic mass is 16.2. The molecule has 0 aromatic carbocycles. The molecule has 3 fully saturated rings. The smallest absolute Gasteiger partial charge is 0.223 e. The highest BCUT2D eigenvalue weighted by Gasteiger charge is 2.67. The summed E-state index contributed by atoms with van der Waals surface area (Å²) in [5.41, 5.74) is 5.84. The summed E-state index contributed by atoms with van der Waals surface area (Å²) < 4.78 is 0. The van der Waals surface area contributed by atoms with Gasteiger partial charge in [-0.25, -0.2) is 0 Å². The molecule has 3 N–H and O–H groups in total. The summed E-state index contributed by atoms with van der Waals surface area (Å²) in [7, 11) is 0. The molecule has 3 saturated carbocycles. The van der Waals surface area contributed by atoms with Crippen molar-refractivity contribution in [3.63, 3.8) is 0 Å². The van der Waals surface area contributed by atoms with Crippen LogP contribution in [-0.2, 0) is 4.79 Å². The lowest BCUT2D eigenvalue weighted by Gasteiger charge is -2.30. The Morgan fingerprint density at radius 1 is 1.28 bits per heavy atom. The van der Waals surface area contributed by atoms with E-state index < -0.39 is 0 Å². The molecule has 18 heavy (non-hydrogen) atoms. The molecule has 1 amide bonds. The van der Waals surface area contributed by atoms with Crippen molar-refractivity contribution in [2.24, 2.45) is 40.7 Å². The third kappa shape index (κ3) is 1.78. The van der Waals surface area contributed by atoms with Gasteiger partial charge in [0.2, 0.25) is 5.91 Å². The average Bonchev–Trinajstić information content (AvgIpc) is 2.73. The van der Waals surface area contributed by atoms with Crippen molar-refractivity contribution in [2.75, 3.05) is 6.54 Å². The molecule has 3 rings (SSSR count). The summed E-state index contributed by atoms with van der Waals surface area (Å²) in [4.78, 5) is 12.4. The Morgan fingerprint density at radius 2 is 1.83 bits per heavy atom. The first kappa shape index (κ1) is 12.5. The standard InChI is InChI=1S/C15H26N2O/c1-15(2,3)10(7-16)17-14(18)13-11-8-4-5-9(6-8)12(11)13/h8-13H,4-7,16H2,1-3H3,(H,17,18). The minimum atomic E-state index is 0.0490. The van der Waals surface area contributed by atoms with E-state index in [0.717, 1.165) is 23.7 Å². The Bertz CT molecular complexity index is 344. The van der Waals surface area contributed by atoms with Crippen LogP contribution in [0.3, 0.4) is 0 Å². The molecule has 5 atom stereocenters. The Kier molecular flexibility index (Phi) is 2.74. The molecule has 3 aliphatic carbocycles. The van der Waals surface area contributed by atoms with Crippen LogP contribution in [0.1, 0.15) is 40.0 Å². The molecular formula is C15H26N2O. The fraction of sp³-hybridized carbons (Fsp3) is 0.933. The van der Waals surface area contributed by atoms with Gasteiger partial charge < -0.3 is 11.1 Å². The molecule has 0 spiro atoms. The van der Waals surface area contributed by atoms with Crippen molar-refractivity contribution in [1.29, 1.82) is 0 Å². The van der Waals surface area contributed by atoms with Crippen molar-refractivity contribution in [2.45, 2.75) is 46.1 Å². The first-order valence-corrected chi connectivity index (χ1v) is 7.44. The van der Waals surface area contributed by atoms with Crippen LogP contribution < -0.4 is 11.1 Å². The Morgan fingerprint density at radius 3 is 2.28 bits per heavy atom. The molecule has 3 heteroatoms. The van der Waals surface area contributed by atoms with Crippen LogP contribution in [0.15, 0.2) is 0 Å². The SMILES string of the molecule is CC(C)(C)C(CN)NC(=O)C1C2C3CCC(C3)C12. The highest BCUT2D eigenvalue weighted by Crippen LogP contribution is 2.69. The Balaban J connectivity index is 1.61. The Hall–Kier alpha value is -0.570. The van der Waals surface area contributed by atoms with Crippen LogP contribution in [-0.4, -0.2) is 18.5 Å². The molecule has 0 aromatic rings. The van der Waals surface area contributed by atoms with Crippen LogP contribution in [0, 0.1) is 35.0 Å². The van der Waals surface area contributed by atoms with Crippen LogP contribution in [0.5, 0.6) is 0 Å². The van der Waals surface area contributed by atoms with Crippen molar-refractivity contribution < 1.29 is 4.79 Å². The summed E-state index contributed by atoms with van der Waals surface area (Å²) in [6.45, 7) is 6.96. The molecule has 102 valence electrons. The average molecular weight is 250 g/mol. The highest BCUT2D eigenvalue weighted by molar-refractivity contribution is 5.83. The van der Waals surface area contributed by atoms with Gasteiger partial charge in [-0.3, -0.25) is 4.79 Å². The zero-order valence-electron chi connectivity index (χ0n) is 11.8. The summed E-state index contributed by atoms with van der Waals surface area (Å²) in [6.07, 6.45) is 4.14. The summed E-state index contributed by atoms with van der Waals surface area (Å²) >= 11 is 0. The van der Waals surface area contributed by atoms with Crippen molar-refractivity contribution in [1.82, 2.24) is 5.32 Å². The normalized spacial score (nSPS) is 42.6. The molecule has 3 aliphatic rings. The molecule has 0 aliphatic heterocycles. The van der Waals surface area contributed by atoms with Crippen LogP contribution in [0.4, 0.5) is 0 Å². The third-order valence-corrected chi connectivity index (χ3v) is 5.64. The third-order valence-electron chi connectivity index (χ3n) is 5.64. The van der Waals surface area contributed by atoms with E-state index in [4.69, 9.17) is 5.73 Å². The first-order valence-electron chi connectivity index (χ1n) is 7.44. The van der Waals surface area contributed by atoms with Crippen LogP contribution >= 0.6 is 0 Å². The van der Waals surface area contributed by atoms with Gasteiger partial charge in [0.25, 0.3) is 0 Å². The van der Waals surface area contributed by atoms with Gasteiger partial charge in [-0.15, -0.1) is 0 Å². The van der Waals surface area contributed by atoms with E-state index in [1.807, 2.05) is 0 Å². The molecule has 0 saturated heterocycles. The molecule has 0 heterocycles. The van der Waals surface area contributed by atoms with Crippen LogP contribution in [0.25, 0.3) is 0 Å². The monoisotopic (exact) mass is 250 g/mol. The van der Waals surface area contributed by atoms with Gasteiger partial charge in [0.05, 0.1) is 0 Å². The number of amides is 1. The maximum Gasteiger partial charge on any atom is 0.223 e. The zero-order chi connectivity index (χ0) is 13.1. The van der Waals surface area contributed by atoms with Crippen LogP contribution in [0.2, 0.25) is 0 Å². The quantitative estimate of drug-likeness (QED) is 0.802. The lowest BCUT2D eigenvalue weighted by atomic mass is 9.86. The maximum atomic E-state index is 12.4. The predicted octanol–water partition coefficient (Wildman–Crippen LogP) is 1.77. The number of carbonyl (C=O) groups excluding carboxylic acids is 1. The second kappa shape index (κ2) is 3.96. The van der Waals surface area contributed by atoms with Crippen molar-refractivity contribution in [3.05, 3.63) is 0 Å². The maximum absolute atomic E-state index is 12.4. The fourth-order valence-electron chi connectivity index (χ4n) is 4.57. The minimum Gasteiger partial charge on any atom is -0.351 e. The summed E-state index contributed by atoms with van der Waals surface area (Å²) in [5.74, 6) is 3.78. The topological polar surface area (TPSA) is 55.1 Å².